The molecule has 4 nitrogen and oxygen atoms in total. The molecule has 1 aromatic heterocycles. The fraction of sp³-hybridized carbons (Fsp3) is 0.667. The number of carbonyl (C=O) groups is 1. The SMILES string of the molecule is Cc1nc(C)c(C(=O)NC2(CO)CCCC2)s1. The van der Waals surface area contributed by atoms with Crippen LogP contribution < -0.4 is 5.32 Å². The molecule has 1 heterocycles. The zero-order chi connectivity index (χ0) is 12.5. The Balaban J connectivity index is 2.13. The van der Waals surface area contributed by atoms with E-state index in [1.54, 1.807) is 0 Å². The molecule has 2 rings (SSSR count). The summed E-state index contributed by atoms with van der Waals surface area (Å²) in [6.45, 7) is 3.76. The fourth-order valence-electron chi connectivity index (χ4n) is 2.41. The molecule has 1 aromatic rings. The van der Waals surface area contributed by atoms with E-state index in [0.29, 0.717) is 4.88 Å². The molecular formula is C12H18N2O2S. The van der Waals surface area contributed by atoms with Crippen molar-refractivity contribution in [3.8, 4) is 0 Å². The minimum absolute atomic E-state index is 0.0234. The first-order valence-electron chi connectivity index (χ1n) is 5.94. The second kappa shape index (κ2) is 4.74. The van der Waals surface area contributed by atoms with Crippen LogP contribution in [0.1, 0.15) is 46.1 Å². The zero-order valence-corrected chi connectivity index (χ0v) is 11.1. The molecule has 2 N–H and O–H groups in total. The number of aliphatic hydroxyl groups is 1. The highest BCUT2D eigenvalue weighted by Crippen LogP contribution is 2.30. The van der Waals surface area contributed by atoms with Gasteiger partial charge in [0.2, 0.25) is 0 Å². The molecule has 0 aliphatic heterocycles. The van der Waals surface area contributed by atoms with Crippen LogP contribution in [0.2, 0.25) is 0 Å². The van der Waals surface area contributed by atoms with Gasteiger partial charge in [0.1, 0.15) is 4.88 Å². The van der Waals surface area contributed by atoms with Crippen molar-refractivity contribution in [2.24, 2.45) is 0 Å². The second-order valence-electron chi connectivity index (χ2n) is 4.75. The average Bonchev–Trinajstić information content (AvgIpc) is 2.86. The van der Waals surface area contributed by atoms with E-state index < -0.39 is 5.54 Å². The maximum atomic E-state index is 12.1. The Labute approximate surface area is 105 Å². The first-order valence-corrected chi connectivity index (χ1v) is 6.75. The summed E-state index contributed by atoms with van der Waals surface area (Å²) >= 11 is 1.41. The number of carbonyl (C=O) groups excluding carboxylic acids is 1. The van der Waals surface area contributed by atoms with Crippen LogP contribution in [0.5, 0.6) is 0 Å². The first kappa shape index (κ1) is 12.5. The van der Waals surface area contributed by atoms with Crippen molar-refractivity contribution in [2.75, 3.05) is 6.61 Å². The Morgan fingerprint density at radius 2 is 2.12 bits per heavy atom. The number of thiazole rings is 1. The van der Waals surface area contributed by atoms with Gasteiger partial charge in [-0.3, -0.25) is 4.79 Å². The van der Waals surface area contributed by atoms with Crippen molar-refractivity contribution in [2.45, 2.75) is 45.1 Å². The van der Waals surface area contributed by atoms with Crippen LogP contribution in [0.3, 0.4) is 0 Å². The zero-order valence-electron chi connectivity index (χ0n) is 10.2. The minimum Gasteiger partial charge on any atom is -0.394 e. The van der Waals surface area contributed by atoms with E-state index in [1.165, 1.54) is 11.3 Å². The number of hydrogen-bond acceptors (Lipinski definition) is 4. The number of amides is 1. The van der Waals surface area contributed by atoms with E-state index in [2.05, 4.69) is 10.3 Å². The highest BCUT2D eigenvalue weighted by Gasteiger charge is 2.35. The first-order chi connectivity index (χ1) is 8.06. The molecule has 1 aliphatic rings. The van der Waals surface area contributed by atoms with Gasteiger partial charge in [-0.25, -0.2) is 4.98 Å². The highest BCUT2D eigenvalue weighted by molar-refractivity contribution is 7.13. The molecule has 0 aromatic carbocycles. The van der Waals surface area contributed by atoms with E-state index in [0.717, 1.165) is 36.4 Å². The largest absolute Gasteiger partial charge is 0.394 e. The van der Waals surface area contributed by atoms with E-state index in [4.69, 9.17) is 0 Å². The Morgan fingerprint density at radius 1 is 1.47 bits per heavy atom. The number of nitrogens with zero attached hydrogens (tertiary/aromatic N) is 1. The Kier molecular flexibility index (Phi) is 3.49. The topological polar surface area (TPSA) is 62.2 Å². The van der Waals surface area contributed by atoms with E-state index in [9.17, 15) is 9.90 Å². The maximum absolute atomic E-state index is 12.1. The van der Waals surface area contributed by atoms with Crippen LogP contribution in [-0.2, 0) is 0 Å². The molecule has 5 heteroatoms. The van der Waals surface area contributed by atoms with Gasteiger partial charge >= 0.3 is 0 Å². The van der Waals surface area contributed by atoms with Crippen molar-refractivity contribution < 1.29 is 9.90 Å². The van der Waals surface area contributed by atoms with Crippen molar-refractivity contribution in [3.05, 3.63) is 15.6 Å². The molecule has 0 saturated heterocycles. The number of nitrogens with one attached hydrogen (secondary N) is 1. The van der Waals surface area contributed by atoms with Gasteiger partial charge in [0.15, 0.2) is 0 Å². The number of aliphatic hydroxyl groups excluding tert-OH is 1. The van der Waals surface area contributed by atoms with Gasteiger partial charge in [-0.15, -0.1) is 11.3 Å². The van der Waals surface area contributed by atoms with Gasteiger partial charge in [0.05, 0.1) is 22.8 Å². The predicted octanol–water partition coefficient (Wildman–Crippen LogP) is 1.79. The van der Waals surface area contributed by atoms with E-state index in [1.807, 2.05) is 13.8 Å². The second-order valence-corrected chi connectivity index (χ2v) is 5.95. The normalized spacial score (nSPS) is 18.3. The summed E-state index contributed by atoms with van der Waals surface area (Å²) in [5.74, 6) is -0.0935. The summed E-state index contributed by atoms with van der Waals surface area (Å²) < 4.78 is 0. The highest BCUT2D eigenvalue weighted by atomic mass is 32.1. The standard InChI is InChI=1S/C12H18N2O2S/c1-8-10(17-9(2)13-8)11(16)14-12(7-15)5-3-4-6-12/h15H,3-7H2,1-2H3,(H,14,16). The molecule has 1 fully saturated rings. The number of hydrogen-bond donors (Lipinski definition) is 2. The average molecular weight is 254 g/mol. The Hall–Kier alpha value is -0.940. The van der Waals surface area contributed by atoms with Crippen molar-refractivity contribution >= 4 is 17.2 Å². The molecule has 1 amide bonds. The summed E-state index contributed by atoms with van der Waals surface area (Å²) in [7, 11) is 0. The van der Waals surface area contributed by atoms with E-state index >= 15 is 0 Å². The summed E-state index contributed by atoms with van der Waals surface area (Å²) in [5, 5.41) is 13.4. The molecule has 0 spiro atoms. The van der Waals surface area contributed by atoms with Gasteiger partial charge in [-0.05, 0) is 26.7 Å². The molecule has 0 radical (unpaired) electrons. The van der Waals surface area contributed by atoms with Crippen LogP contribution in [-0.4, -0.2) is 28.1 Å². The van der Waals surface area contributed by atoms with Crippen LogP contribution in [0.25, 0.3) is 0 Å². The fourth-order valence-corrected chi connectivity index (χ4v) is 3.23. The molecule has 1 saturated carbocycles. The molecule has 0 atom stereocenters. The lowest BCUT2D eigenvalue weighted by atomic mass is 9.99. The summed E-state index contributed by atoms with van der Waals surface area (Å²) in [6.07, 6.45) is 3.88. The lowest BCUT2D eigenvalue weighted by molar-refractivity contribution is 0.0842. The molecule has 0 bridgehead atoms. The number of aryl methyl sites for hydroxylation is 2. The molecular weight excluding hydrogens is 236 g/mol. The van der Waals surface area contributed by atoms with Crippen LogP contribution >= 0.6 is 11.3 Å². The predicted molar refractivity (Wildman–Crippen MR) is 67.3 cm³/mol. The third-order valence-electron chi connectivity index (χ3n) is 3.35. The third kappa shape index (κ3) is 2.50. The Bertz CT molecular complexity index is 422. The summed E-state index contributed by atoms with van der Waals surface area (Å²) in [6, 6.07) is 0. The molecule has 0 unspecified atom stereocenters. The Morgan fingerprint density at radius 3 is 2.59 bits per heavy atom. The quantitative estimate of drug-likeness (QED) is 0.864. The van der Waals surface area contributed by atoms with Crippen LogP contribution in [0.15, 0.2) is 0 Å². The number of aromatic nitrogens is 1. The molecule has 94 valence electrons. The smallest absolute Gasteiger partial charge is 0.263 e. The lowest BCUT2D eigenvalue weighted by Crippen LogP contribution is -2.49. The van der Waals surface area contributed by atoms with E-state index in [-0.39, 0.29) is 12.5 Å². The van der Waals surface area contributed by atoms with Gasteiger partial charge < -0.3 is 10.4 Å². The summed E-state index contributed by atoms with van der Waals surface area (Å²) in [4.78, 5) is 17.1. The van der Waals surface area contributed by atoms with Gasteiger partial charge in [0.25, 0.3) is 5.91 Å². The lowest BCUT2D eigenvalue weighted by Gasteiger charge is -2.27. The van der Waals surface area contributed by atoms with Gasteiger partial charge in [-0.2, -0.15) is 0 Å². The van der Waals surface area contributed by atoms with Crippen LogP contribution in [0, 0.1) is 13.8 Å². The van der Waals surface area contributed by atoms with Crippen molar-refractivity contribution in [1.29, 1.82) is 0 Å². The molecule has 17 heavy (non-hydrogen) atoms. The van der Waals surface area contributed by atoms with Crippen LogP contribution in [0.4, 0.5) is 0 Å². The molecule has 1 aliphatic carbocycles. The van der Waals surface area contributed by atoms with Gasteiger partial charge in [0, 0.05) is 0 Å². The summed E-state index contributed by atoms with van der Waals surface area (Å²) in [5.41, 5.74) is 0.373. The monoisotopic (exact) mass is 254 g/mol. The number of rotatable bonds is 3. The van der Waals surface area contributed by atoms with Gasteiger partial charge in [-0.1, -0.05) is 12.8 Å². The minimum atomic E-state index is -0.401. The van der Waals surface area contributed by atoms with Crippen molar-refractivity contribution in [1.82, 2.24) is 10.3 Å². The maximum Gasteiger partial charge on any atom is 0.263 e. The van der Waals surface area contributed by atoms with Crippen molar-refractivity contribution in [3.63, 3.8) is 0 Å². The third-order valence-corrected chi connectivity index (χ3v) is 4.42.